The van der Waals surface area contributed by atoms with Crippen molar-refractivity contribution in [3.05, 3.63) is 27.7 Å². The Balaban J connectivity index is 0. The smallest absolute Gasteiger partial charge is 1.00 e. The first-order valence-electron chi connectivity index (χ1n) is 4.27. The average molecular weight is 266 g/mol. The SMILES string of the molecule is CC1CC(=O)c2cc(Cl)c(Cl)cc2O1.[Al].[H-].[Li+]. The van der Waals surface area contributed by atoms with Gasteiger partial charge in [-0.25, -0.2) is 0 Å². The molecule has 1 aromatic rings. The molecule has 0 saturated carbocycles. The molecule has 1 aliphatic rings. The quantitative estimate of drug-likeness (QED) is 0.622. The summed E-state index contributed by atoms with van der Waals surface area (Å²) in [4.78, 5) is 11.6. The van der Waals surface area contributed by atoms with Crippen LogP contribution in [0.15, 0.2) is 12.1 Å². The number of ketones is 1. The molecule has 1 atom stereocenters. The second-order valence-corrected chi connectivity index (χ2v) is 4.13. The molecule has 0 bridgehead atoms. The standard InChI is InChI=1S/C10H8Cl2O2.Al.Li.H/c1-5-2-9(13)6-3-7(11)8(12)4-10(6)14-5;;;/h3-5H,2H2,1H3;;;/q;;+1;-1. The summed E-state index contributed by atoms with van der Waals surface area (Å²) >= 11 is 11.6. The van der Waals surface area contributed by atoms with Gasteiger partial charge < -0.3 is 6.16 Å². The van der Waals surface area contributed by atoms with Crippen molar-refractivity contribution in [2.45, 2.75) is 19.4 Å². The predicted molar refractivity (Wildman–Crippen MR) is 62.4 cm³/mol. The van der Waals surface area contributed by atoms with Gasteiger partial charge in [-0.05, 0) is 13.0 Å². The van der Waals surface area contributed by atoms with E-state index in [1.54, 1.807) is 12.1 Å². The Kier molecular flexibility index (Phi) is 6.52. The summed E-state index contributed by atoms with van der Waals surface area (Å²) < 4.78 is 5.47. The van der Waals surface area contributed by atoms with Crippen LogP contribution in [-0.4, -0.2) is 29.2 Å². The number of carbonyl (C=O) groups excluding carboxylic acids is 1. The van der Waals surface area contributed by atoms with Gasteiger partial charge in [-0.3, -0.25) is 4.79 Å². The van der Waals surface area contributed by atoms with Crippen LogP contribution in [0.25, 0.3) is 0 Å². The molecule has 0 aromatic heterocycles. The molecule has 1 unspecified atom stereocenters. The Hall–Kier alpha value is 0.400. The largest absolute Gasteiger partial charge is 1.00 e. The Labute approximate surface area is 128 Å². The average Bonchev–Trinajstić information content (AvgIpc) is 2.08. The van der Waals surface area contributed by atoms with Gasteiger partial charge in [-0.15, -0.1) is 0 Å². The van der Waals surface area contributed by atoms with Crippen LogP contribution in [0, 0.1) is 0 Å². The monoisotopic (exact) mass is 265 g/mol. The molecular weight excluding hydrogens is 257 g/mol. The first kappa shape index (κ1) is 16.4. The number of carbonyl (C=O) groups is 1. The summed E-state index contributed by atoms with van der Waals surface area (Å²) in [5, 5.41) is 0.796. The van der Waals surface area contributed by atoms with Crippen molar-refractivity contribution >= 4 is 46.3 Å². The van der Waals surface area contributed by atoms with Gasteiger partial charge in [0.1, 0.15) is 11.9 Å². The van der Waals surface area contributed by atoms with Gasteiger partial charge in [0.05, 0.1) is 15.6 Å². The third kappa shape index (κ3) is 3.21. The second kappa shape index (κ2) is 6.36. The van der Waals surface area contributed by atoms with E-state index in [1.807, 2.05) is 6.92 Å². The minimum atomic E-state index is -0.0905. The summed E-state index contributed by atoms with van der Waals surface area (Å²) in [6.07, 6.45) is 0.303. The van der Waals surface area contributed by atoms with Crippen molar-refractivity contribution in [2.75, 3.05) is 0 Å². The van der Waals surface area contributed by atoms with Crippen molar-refractivity contribution in [3.8, 4) is 5.75 Å². The molecule has 2 rings (SSSR count). The summed E-state index contributed by atoms with van der Waals surface area (Å²) in [6.45, 7) is 1.85. The van der Waals surface area contributed by atoms with Crippen molar-refractivity contribution in [1.29, 1.82) is 0 Å². The number of hydrogen-bond acceptors (Lipinski definition) is 2. The predicted octanol–water partition coefficient (Wildman–Crippen LogP) is 0.0828. The molecule has 1 heterocycles. The van der Waals surface area contributed by atoms with E-state index in [0.29, 0.717) is 27.8 Å². The minimum Gasteiger partial charge on any atom is -1.00 e. The maximum absolute atomic E-state index is 11.6. The van der Waals surface area contributed by atoms with Crippen LogP contribution in [-0.2, 0) is 0 Å². The van der Waals surface area contributed by atoms with E-state index < -0.39 is 0 Å². The topological polar surface area (TPSA) is 26.3 Å². The zero-order valence-electron chi connectivity index (χ0n) is 10.1. The zero-order valence-corrected chi connectivity index (χ0v) is 11.8. The van der Waals surface area contributed by atoms with Crippen LogP contribution in [0.3, 0.4) is 0 Å². The molecule has 0 saturated heterocycles. The number of Topliss-reactive ketones (excluding diaryl/α,β-unsaturated/α-hetero) is 1. The molecule has 16 heavy (non-hydrogen) atoms. The van der Waals surface area contributed by atoms with E-state index in [-0.39, 0.29) is 49.5 Å². The number of ether oxygens (including phenoxy) is 1. The van der Waals surface area contributed by atoms with Crippen LogP contribution in [0.1, 0.15) is 25.1 Å². The van der Waals surface area contributed by atoms with Gasteiger partial charge in [0.15, 0.2) is 5.78 Å². The molecule has 1 aromatic carbocycles. The Morgan fingerprint density at radius 3 is 2.56 bits per heavy atom. The number of hydrogen-bond donors (Lipinski definition) is 0. The van der Waals surface area contributed by atoms with Crippen molar-refractivity contribution < 1.29 is 29.8 Å². The summed E-state index contributed by atoms with van der Waals surface area (Å²) in [5.74, 6) is 0.584. The maximum atomic E-state index is 11.6. The van der Waals surface area contributed by atoms with E-state index in [4.69, 9.17) is 27.9 Å². The Bertz CT molecular complexity index is 418. The normalized spacial score (nSPS) is 17.7. The third-order valence-electron chi connectivity index (χ3n) is 2.12. The first-order chi connectivity index (χ1) is 6.58. The number of fused-ring (bicyclic) bond motifs is 1. The van der Waals surface area contributed by atoms with E-state index in [9.17, 15) is 4.79 Å². The zero-order chi connectivity index (χ0) is 10.3. The van der Waals surface area contributed by atoms with Gasteiger partial charge in [-0.2, -0.15) is 0 Å². The molecule has 0 fully saturated rings. The van der Waals surface area contributed by atoms with E-state index in [1.165, 1.54) is 0 Å². The first-order valence-corrected chi connectivity index (χ1v) is 5.02. The molecule has 0 spiro atoms. The van der Waals surface area contributed by atoms with Gasteiger partial charge in [0, 0.05) is 29.8 Å². The maximum Gasteiger partial charge on any atom is 1.00 e. The number of rotatable bonds is 0. The van der Waals surface area contributed by atoms with Crippen LogP contribution < -0.4 is 23.6 Å². The molecule has 0 aliphatic carbocycles. The summed E-state index contributed by atoms with van der Waals surface area (Å²) in [7, 11) is 0. The molecule has 6 heteroatoms. The Morgan fingerprint density at radius 1 is 1.38 bits per heavy atom. The molecule has 79 valence electrons. The minimum absolute atomic E-state index is 0. The number of benzene rings is 1. The molecule has 0 amide bonds. The van der Waals surface area contributed by atoms with Gasteiger partial charge in [-0.1, -0.05) is 23.2 Å². The molecule has 2 nitrogen and oxygen atoms in total. The fourth-order valence-corrected chi connectivity index (χ4v) is 1.79. The van der Waals surface area contributed by atoms with Crippen LogP contribution in [0.4, 0.5) is 0 Å². The van der Waals surface area contributed by atoms with E-state index in [0.717, 1.165) is 0 Å². The fraction of sp³-hybridized carbons (Fsp3) is 0.300. The van der Waals surface area contributed by atoms with E-state index >= 15 is 0 Å². The van der Waals surface area contributed by atoms with Crippen LogP contribution in [0.5, 0.6) is 5.75 Å². The molecule has 1 aliphatic heterocycles. The number of halogens is 2. The van der Waals surface area contributed by atoms with Gasteiger partial charge >= 0.3 is 18.9 Å². The third-order valence-corrected chi connectivity index (χ3v) is 2.85. The van der Waals surface area contributed by atoms with Gasteiger partial charge in [0.2, 0.25) is 0 Å². The van der Waals surface area contributed by atoms with Crippen molar-refractivity contribution in [3.63, 3.8) is 0 Å². The molecular formula is C10H9AlCl2LiO2. The molecule has 3 radical (unpaired) electrons. The van der Waals surface area contributed by atoms with E-state index in [2.05, 4.69) is 0 Å². The van der Waals surface area contributed by atoms with Crippen molar-refractivity contribution in [2.24, 2.45) is 0 Å². The fourth-order valence-electron chi connectivity index (χ4n) is 1.47. The second-order valence-electron chi connectivity index (χ2n) is 3.32. The Morgan fingerprint density at radius 2 is 1.94 bits per heavy atom. The summed E-state index contributed by atoms with van der Waals surface area (Å²) in [6, 6.07) is 3.15. The van der Waals surface area contributed by atoms with Crippen LogP contribution >= 0.6 is 23.2 Å². The molecule has 0 N–H and O–H groups in total. The summed E-state index contributed by atoms with van der Waals surface area (Å²) in [5.41, 5.74) is 0.525. The van der Waals surface area contributed by atoms with Gasteiger partial charge in [0.25, 0.3) is 0 Å². The van der Waals surface area contributed by atoms with Crippen LogP contribution in [0.2, 0.25) is 10.0 Å². The van der Waals surface area contributed by atoms with Crippen molar-refractivity contribution in [1.82, 2.24) is 0 Å².